The quantitative estimate of drug-likeness (QED) is 0.658. The van der Waals surface area contributed by atoms with E-state index in [4.69, 9.17) is 0 Å². The van der Waals surface area contributed by atoms with Gasteiger partial charge in [0.2, 0.25) is 0 Å². The fourth-order valence-corrected chi connectivity index (χ4v) is 3.48. The third kappa shape index (κ3) is 5.10. The number of benzene rings is 1. The molecule has 1 aromatic carbocycles. The van der Waals surface area contributed by atoms with E-state index in [1.807, 2.05) is 17.9 Å². The number of rotatable bonds is 5. The molecule has 0 N–H and O–H groups in total. The summed E-state index contributed by atoms with van der Waals surface area (Å²) in [4.78, 5) is 2.38. The largest absolute Gasteiger partial charge is 0.374 e. The molecule has 0 spiro atoms. The van der Waals surface area contributed by atoms with Crippen molar-refractivity contribution in [3.05, 3.63) is 35.7 Å². The molecular formula is C22H35N3. The minimum Gasteiger partial charge on any atom is -0.374 e. The number of hydrogen-bond donors (Lipinski definition) is 0. The molecule has 0 amide bonds. The maximum Gasteiger partial charge on any atom is 0.0568 e. The van der Waals surface area contributed by atoms with Crippen LogP contribution < -0.4 is 4.90 Å². The zero-order chi connectivity index (χ0) is 18.2. The lowest BCUT2D eigenvalue weighted by molar-refractivity contribution is 0.702. The van der Waals surface area contributed by atoms with Gasteiger partial charge >= 0.3 is 0 Å². The monoisotopic (exact) mass is 341 g/mol. The Bertz CT molecular complexity index is 653. The zero-order valence-electron chi connectivity index (χ0n) is 16.8. The molecule has 0 fully saturated rings. The van der Waals surface area contributed by atoms with Crippen LogP contribution in [-0.4, -0.2) is 23.4 Å². The van der Waals surface area contributed by atoms with Crippen molar-refractivity contribution in [2.45, 2.75) is 65.7 Å². The Hall–Kier alpha value is -1.77. The molecule has 3 rings (SSSR count). The number of aromatic nitrogens is 2. The maximum absolute atomic E-state index is 4.30. The first-order valence-electron chi connectivity index (χ1n) is 9.96. The summed E-state index contributed by atoms with van der Waals surface area (Å²) >= 11 is 0. The molecule has 2 heterocycles. The van der Waals surface area contributed by atoms with Crippen LogP contribution in [0.25, 0.3) is 11.1 Å². The highest BCUT2D eigenvalue weighted by molar-refractivity contribution is 5.72. The van der Waals surface area contributed by atoms with E-state index in [0.29, 0.717) is 0 Å². The minimum atomic E-state index is 1.06. The molecule has 0 saturated heterocycles. The van der Waals surface area contributed by atoms with Crippen molar-refractivity contribution < 1.29 is 0 Å². The molecule has 2 aromatic rings. The normalized spacial score (nSPS) is 13.2. The van der Waals surface area contributed by atoms with Crippen LogP contribution in [0, 0.1) is 0 Å². The van der Waals surface area contributed by atoms with Gasteiger partial charge in [-0.05, 0) is 48.1 Å². The molecule has 25 heavy (non-hydrogen) atoms. The van der Waals surface area contributed by atoms with Crippen molar-refractivity contribution in [2.24, 2.45) is 7.05 Å². The summed E-state index contributed by atoms with van der Waals surface area (Å²) in [6, 6.07) is 4.75. The maximum atomic E-state index is 4.30. The average Bonchev–Trinajstić information content (AvgIpc) is 3.06. The molecule has 1 aliphatic heterocycles. The summed E-state index contributed by atoms with van der Waals surface area (Å²) in [6.45, 7) is 7.86. The standard InChI is InChI=1S/C16H21N3.C6H14/c1-4-12-9-16-13(6-5-7-18(16)2)8-15(12)14-10-17-19(3)11-14;1-3-5-6-4-2/h8-11H,4-7H2,1-3H3;3-6H2,1-2H3. The van der Waals surface area contributed by atoms with Gasteiger partial charge in [0.15, 0.2) is 0 Å². The van der Waals surface area contributed by atoms with Crippen LogP contribution in [0.2, 0.25) is 0 Å². The smallest absolute Gasteiger partial charge is 0.0568 e. The Morgan fingerprint density at radius 1 is 1.04 bits per heavy atom. The summed E-state index contributed by atoms with van der Waals surface area (Å²) < 4.78 is 1.88. The second-order valence-electron chi connectivity index (χ2n) is 7.13. The molecular weight excluding hydrogens is 306 g/mol. The van der Waals surface area contributed by atoms with E-state index in [9.17, 15) is 0 Å². The van der Waals surface area contributed by atoms with E-state index >= 15 is 0 Å². The van der Waals surface area contributed by atoms with Crippen molar-refractivity contribution in [3.63, 3.8) is 0 Å². The van der Waals surface area contributed by atoms with Crippen molar-refractivity contribution in [1.29, 1.82) is 0 Å². The van der Waals surface area contributed by atoms with Crippen LogP contribution in [0.4, 0.5) is 5.69 Å². The molecule has 3 heteroatoms. The van der Waals surface area contributed by atoms with Gasteiger partial charge in [-0.3, -0.25) is 4.68 Å². The van der Waals surface area contributed by atoms with Gasteiger partial charge < -0.3 is 4.90 Å². The van der Waals surface area contributed by atoms with Crippen LogP contribution in [0.1, 0.15) is 64.0 Å². The Balaban J connectivity index is 0.000000326. The Morgan fingerprint density at radius 2 is 1.76 bits per heavy atom. The SMILES string of the molecule is CCCCCC.CCc1cc2c(cc1-c1cnn(C)c1)CCCN2C. The molecule has 1 aromatic heterocycles. The lowest BCUT2D eigenvalue weighted by atomic mass is 9.92. The third-order valence-corrected chi connectivity index (χ3v) is 5.01. The minimum absolute atomic E-state index is 1.06. The first-order chi connectivity index (χ1) is 12.1. The highest BCUT2D eigenvalue weighted by Gasteiger charge is 2.17. The highest BCUT2D eigenvalue weighted by Crippen LogP contribution is 2.34. The molecule has 0 bridgehead atoms. The van der Waals surface area contributed by atoms with Crippen molar-refractivity contribution >= 4 is 5.69 Å². The zero-order valence-corrected chi connectivity index (χ0v) is 16.8. The number of hydrogen-bond acceptors (Lipinski definition) is 2. The van der Waals surface area contributed by atoms with Gasteiger partial charge in [0.1, 0.15) is 0 Å². The molecule has 0 aliphatic carbocycles. The Labute approximate surface area is 154 Å². The Morgan fingerprint density at radius 3 is 2.32 bits per heavy atom. The van der Waals surface area contributed by atoms with Crippen LogP contribution in [-0.2, 0) is 19.9 Å². The van der Waals surface area contributed by atoms with Gasteiger partial charge in [-0.15, -0.1) is 0 Å². The second-order valence-corrected chi connectivity index (χ2v) is 7.13. The summed E-state index contributed by atoms with van der Waals surface area (Å²) in [7, 11) is 4.17. The third-order valence-electron chi connectivity index (χ3n) is 5.01. The van der Waals surface area contributed by atoms with Gasteiger partial charge in [0, 0.05) is 38.1 Å². The van der Waals surface area contributed by atoms with Gasteiger partial charge in [-0.25, -0.2) is 0 Å². The van der Waals surface area contributed by atoms with E-state index in [1.165, 1.54) is 73.0 Å². The number of unbranched alkanes of at least 4 members (excludes halogenated alkanes) is 3. The fraction of sp³-hybridized carbons (Fsp3) is 0.591. The molecule has 0 radical (unpaired) electrons. The number of aryl methyl sites for hydroxylation is 3. The summed E-state index contributed by atoms with van der Waals surface area (Å²) in [5.41, 5.74) is 6.89. The predicted octanol–water partition coefficient (Wildman–Crippen LogP) is 5.62. The van der Waals surface area contributed by atoms with Crippen LogP contribution in [0.3, 0.4) is 0 Å². The van der Waals surface area contributed by atoms with E-state index < -0.39 is 0 Å². The van der Waals surface area contributed by atoms with Gasteiger partial charge in [-0.2, -0.15) is 5.10 Å². The topological polar surface area (TPSA) is 21.1 Å². The van der Waals surface area contributed by atoms with E-state index in [1.54, 1.807) is 0 Å². The molecule has 0 saturated carbocycles. The van der Waals surface area contributed by atoms with Crippen LogP contribution in [0.15, 0.2) is 24.5 Å². The highest BCUT2D eigenvalue weighted by atomic mass is 15.2. The van der Waals surface area contributed by atoms with Gasteiger partial charge in [-0.1, -0.05) is 46.5 Å². The van der Waals surface area contributed by atoms with Crippen LogP contribution in [0.5, 0.6) is 0 Å². The van der Waals surface area contributed by atoms with Gasteiger partial charge in [0.05, 0.1) is 6.20 Å². The molecule has 1 aliphatic rings. The lowest BCUT2D eigenvalue weighted by Gasteiger charge is -2.29. The molecule has 138 valence electrons. The number of nitrogens with zero attached hydrogens (tertiary/aromatic N) is 3. The molecule has 3 nitrogen and oxygen atoms in total. The van der Waals surface area contributed by atoms with Gasteiger partial charge in [0.25, 0.3) is 0 Å². The van der Waals surface area contributed by atoms with Crippen LogP contribution >= 0.6 is 0 Å². The second kappa shape index (κ2) is 9.65. The number of fused-ring (bicyclic) bond motifs is 1. The first-order valence-corrected chi connectivity index (χ1v) is 9.96. The number of anilines is 1. The van der Waals surface area contributed by atoms with Crippen molar-refractivity contribution in [1.82, 2.24) is 9.78 Å². The fourth-order valence-electron chi connectivity index (χ4n) is 3.48. The Kier molecular flexibility index (Phi) is 7.54. The lowest BCUT2D eigenvalue weighted by Crippen LogP contribution is -2.24. The van der Waals surface area contributed by atoms with Crippen molar-refractivity contribution in [3.8, 4) is 11.1 Å². The van der Waals surface area contributed by atoms with E-state index in [2.05, 4.69) is 56.1 Å². The molecule has 0 unspecified atom stereocenters. The summed E-state index contributed by atoms with van der Waals surface area (Å²) in [5, 5.41) is 4.30. The van der Waals surface area contributed by atoms with E-state index in [-0.39, 0.29) is 0 Å². The molecule has 0 atom stereocenters. The summed E-state index contributed by atoms with van der Waals surface area (Å²) in [5.74, 6) is 0. The average molecular weight is 342 g/mol. The summed E-state index contributed by atoms with van der Waals surface area (Å²) in [6.07, 6.45) is 13.1. The first kappa shape index (κ1) is 19.6. The van der Waals surface area contributed by atoms with Crippen molar-refractivity contribution in [2.75, 3.05) is 18.5 Å². The predicted molar refractivity (Wildman–Crippen MR) is 109 cm³/mol. The van der Waals surface area contributed by atoms with E-state index in [0.717, 1.165) is 6.42 Å².